The van der Waals surface area contributed by atoms with E-state index in [1.165, 1.54) is 11.8 Å². The van der Waals surface area contributed by atoms with E-state index in [-0.39, 0.29) is 12.4 Å². The summed E-state index contributed by atoms with van der Waals surface area (Å²) in [4.78, 5) is 31.0. The van der Waals surface area contributed by atoms with Gasteiger partial charge in [-0.1, -0.05) is 0 Å². The highest BCUT2D eigenvalue weighted by Crippen LogP contribution is 2.16. The number of pyridine rings is 1. The van der Waals surface area contributed by atoms with Crippen LogP contribution in [0.5, 0.6) is 0 Å². The number of thioether (sulfide) groups is 1. The number of carbonyl (C=O) groups is 2. The normalized spacial score (nSPS) is 9.50. The molecule has 2 heterocycles. The molecule has 1 amide bonds. The third-order valence-corrected chi connectivity index (χ3v) is 3.69. The van der Waals surface area contributed by atoms with Crippen molar-refractivity contribution < 1.29 is 14.7 Å². The highest BCUT2D eigenvalue weighted by atomic mass is 32.2. The van der Waals surface area contributed by atoms with Crippen molar-refractivity contribution in [3.05, 3.63) is 43.2 Å². The number of nitrogens with zero attached hydrogens (tertiary/aromatic N) is 4. The summed E-state index contributed by atoms with van der Waals surface area (Å²) in [6.45, 7) is 1.20. The lowest BCUT2D eigenvalue weighted by molar-refractivity contribution is -0.127. The van der Waals surface area contributed by atoms with E-state index in [0.717, 1.165) is 11.4 Å². The van der Waals surface area contributed by atoms with Crippen LogP contribution in [0.2, 0.25) is 0 Å². The molecular formula is C14H18N4O3S. The Balaban J connectivity index is 0.000000745. The van der Waals surface area contributed by atoms with Gasteiger partial charge in [0.15, 0.2) is 0 Å². The number of amides is 1. The van der Waals surface area contributed by atoms with Crippen LogP contribution in [-0.4, -0.2) is 56.3 Å². The minimum Gasteiger partial charge on any atom is -0.483 e. The molecule has 0 saturated heterocycles. The zero-order valence-electron chi connectivity index (χ0n) is 12.2. The largest absolute Gasteiger partial charge is 0.483 e. The Bertz CT molecular complexity index is 548. The number of carbonyl (C=O) groups excluding carboxylic acids is 1. The van der Waals surface area contributed by atoms with Gasteiger partial charge < -0.3 is 14.6 Å². The molecule has 0 bridgehead atoms. The standard InChI is InChI=1S/C13H16N4OS.CH2O2/c1-16(8-9-17-7-6-15-11-17)13(18)10-19-12-2-4-14-5-3-12;2-1-3/h2-7,11H,8-10H2,1H3;1H,(H,2,3). The second kappa shape index (κ2) is 10.4. The smallest absolute Gasteiger partial charge is 0.290 e. The van der Waals surface area contributed by atoms with Gasteiger partial charge in [-0.3, -0.25) is 14.6 Å². The number of hydrogen-bond acceptors (Lipinski definition) is 5. The fourth-order valence-electron chi connectivity index (χ4n) is 1.50. The van der Waals surface area contributed by atoms with Crippen molar-refractivity contribution in [2.75, 3.05) is 19.3 Å². The Morgan fingerprint density at radius 3 is 2.64 bits per heavy atom. The Morgan fingerprint density at radius 1 is 1.36 bits per heavy atom. The van der Waals surface area contributed by atoms with Crippen LogP contribution >= 0.6 is 11.8 Å². The zero-order valence-corrected chi connectivity index (χ0v) is 13.0. The van der Waals surface area contributed by atoms with Crippen LogP contribution in [0.3, 0.4) is 0 Å². The van der Waals surface area contributed by atoms with Crippen LogP contribution in [0.25, 0.3) is 0 Å². The van der Waals surface area contributed by atoms with Crippen molar-refractivity contribution in [2.24, 2.45) is 0 Å². The second-order valence-corrected chi connectivity index (χ2v) is 5.24. The van der Waals surface area contributed by atoms with E-state index in [4.69, 9.17) is 9.90 Å². The van der Waals surface area contributed by atoms with Gasteiger partial charge in [-0.25, -0.2) is 4.98 Å². The van der Waals surface area contributed by atoms with E-state index in [1.54, 1.807) is 29.8 Å². The molecule has 1 N–H and O–H groups in total. The number of carboxylic acid groups (broad SMARTS) is 1. The summed E-state index contributed by atoms with van der Waals surface area (Å²) in [6, 6.07) is 3.81. The lowest BCUT2D eigenvalue weighted by atomic mass is 10.5. The van der Waals surface area contributed by atoms with E-state index in [9.17, 15) is 4.79 Å². The first-order chi connectivity index (χ1) is 10.7. The first kappa shape index (κ1) is 17.7. The molecule has 0 aliphatic heterocycles. The molecule has 0 saturated carbocycles. The van der Waals surface area contributed by atoms with Crippen LogP contribution in [0.1, 0.15) is 0 Å². The molecule has 2 aromatic heterocycles. The average Bonchev–Trinajstić information content (AvgIpc) is 3.05. The first-order valence-electron chi connectivity index (χ1n) is 6.47. The molecule has 0 radical (unpaired) electrons. The highest BCUT2D eigenvalue weighted by Gasteiger charge is 2.09. The molecule has 22 heavy (non-hydrogen) atoms. The van der Waals surface area contributed by atoms with E-state index >= 15 is 0 Å². The summed E-state index contributed by atoms with van der Waals surface area (Å²) in [5.41, 5.74) is 0. The van der Waals surface area contributed by atoms with Crippen LogP contribution in [0.4, 0.5) is 0 Å². The molecular weight excluding hydrogens is 304 g/mol. The summed E-state index contributed by atoms with van der Waals surface area (Å²) in [5.74, 6) is 0.576. The third kappa shape index (κ3) is 6.89. The summed E-state index contributed by atoms with van der Waals surface area (Å²) in [7, 11) is 1.83. The van der Waals surface area contributed by atoms with Gasteiger partial charge in [0.2, 0.25) is 5.91 Å². The van der Waals surface area contributed by atoms with Gasteiger partial charge in [0, 0.05) is 49.8 Å². The fraction of sp³-hybridized carbons (Fsp3) is 0.286. The molecule has 0 aliphatic rings. The van der Waals surface area contributed by atoms with Crippen molar-refractivity contribution in [1.82, 2.24) is 19.4 Å². The molecule has 118 valence electrons. The van der Waals surface area contributed by atoms with Crippen LogP contribution in [0, 0.1) is 0 Å². The topological polar surface area (TPSA) is 88.3 Å². The Kier molecular flexibility index (Phi) is 8.36. The molecule has 0 atom stereocenters. The lowest BCUT2D eigenvalue weighted by Gasteiger charge is -2.17. The number of hydrogen-bond donors (Lipinski definition) is 1. The van der Waals surface area contributed by atoms with Crippen molar-refractivity contribution in [3.63, 3.8) is 0 Å². The van der Waals surface area contributed by atoms with Crippen molar-refractivity contribution in [2.45, 2.75) is 11.4 Å². The maximum absolute atomic E-state index is 11.9. The Morgan fingerprint density at radius 2 is 2.05 bits per heavy atom. The summed E-state index contributed by atoms with van der Waals surface area (Å²) >= 11 is 1.53. The molecule has 2 aromatic rings. The molecule has 2 rings (SSSR count). The predicted octanol–water partition coefficient (Wildman–Crippen LogP) is 1.23. The van der Waals surface area contributed by atoms with Gasteiger partial charge in [-0.15, -0.1) is 11.8 Å². The van der Waals surface area contributed by atoms with Gasteiger partial charge in [0.05, 0.1) is 12.1 Å². The van der Waals surface area contributed by atoms with E-state index < -0.39 is 0 Å². The average molecular weight is 322 g/mol. The SMILES string of the molecule is CN(CCn1ccnc1)C(=O)CSc1ccncc1.O=CO. The van der Waals surface area contributed by atoms with Crippen molar-refractivity contribution in [3.8, 4) is 0 Å². The Labute approximate surface area is 133 Å². The maximum Gasteiger partial charge on any atom is 0.290 e. The van der Waals surface area contributed by atoms with Gasteiger partial charge in [0.25, 0.3) is 6.47 Å². The third-order valence-electron chi connectivity index (χ3n) is 2.69. The molecule has 0 spiro atoms. The predicted molar refractivity (Wildman–Crippen MR) is 83.5 cm³/mol. The van der Waals surface area contributed by atoms with Crippen molar-refractivity contribution >= 4 is 24.1 Å². The van der Waals surface area contributed by atoms with E-state index in [1.807, 2.05) is 29.9 Å². The zero-order chi connectivity index (χ0) is 16.2. The number of aromatic nitrogens is 3. The molecule has 0 unspecified atom stereocenters. The van der Waals surface area contributed by atoms with Gasteiger partial charge in [-0.05, 0) is 12.1 Å². The van der Waals surface area contributed by atoms with Crippen LogP contribution in [0.15, 0.2) is 48.1 Å². The second-order valence-electron chi connectivity index (χ2n) is 4.19. The van der Waals surface area contributed by atoms with E-state index in [0.29, 0.717) is 12.3 Å². The van der Waals surface area contributed by atoms with Crippen LogP contribution in [-0.2, 0) is 16.1 Å². The minimum atomic E-state index is -0.250. The summed E-state index contributed by atoms with van der Waals surface area (Å²) in [5, 5.41) is 6.89. The van der Waals surface area contributed by atoms with Gasteiger partial charge >= 0.3 is 0 Å². The maximum atomic E-state index is 11.9. The van der Waals surface area contributed by atoms with Gasteiger partial charge in [-0.2, -0.15) is 0 Å². The van der Waals surface area contributed by atoms with Crippen molar-refractivity contribution in [1.29, 1.82) is 0 Å². The molecule has 8 heteroatoms. The summed E-state index contributed by atoms with van der Waals surface area (Å²) < 4.78 is 1.96. The number of imidazole rings is 1. The Hall–Kier alpha value is -2.35. The monoisotopic (exact) mass is 322 g/mol. The highest BCUT2D eigenvalue weighted by molar-refractivity contribution is 8.00. The quantitative estimate of drug-likeness (QED) is 0.636. The summed E-state index contributed by atoms with van der Waals surface area (Å²) in [6.07, 6.45) is 8.85. The fourth-order valence-corrected chi connectivity index (χ4v) is 2.32. The first-order valence-corrected chi connectivity index (χ1v) is 7.46. The number of rotatable bonds is 6. The molecule has 0 aromatic carbocycles. The molecule has 0 fully saturated rings. The molecule has 0 aliphatic carbocycles. The number of likely N-dealkylation sites (N-methyl/N-ethyl adjacent to an activating group) is 1. The van der Waals surface area contributed by atoms with E-state index in [2.05, 4.69) is 9.97 Å². The molecule has 7 nitrogen and oxygen atoms in total. The van der Waals surface area contributed by atoms with Gasteiger partial charge in [0.1, 0.15) is 0 Å². The van der Waals surface area contributed by atoms with Crippen LogP contribution < -0.4 is 0 Å². The lowest BCUT2D eigenvalue weighted by Crippen LogP contribution is -2.31. The minimum absolute atomic E-state index is 0.127.